The maximum atomic E-state index is 12.6. The van der Waals surface area contributed by atoms with E-state index in [4.69, 9.17) is 0 Å². The maximum Gasteiger partial charge on any atom is 0.261 e. The van der Waals surface area contributed by atoms with E-state index in [1.807, 2.05) is 19.9 Å². The summed E-state index contributed by atoms with van der Waals surface area (Å²) < 4.78 is 0. The zero-order chi connectivity index (χ0) is 19.2. The zero-order valence-electron chi connectivity index (χ0n) is 16.3. The molecule has 1 aliphatic rings. The van der Waals surface area contributed by atoms with E-state index in [2.05, 4.69) is 39.5 Å². The minimum absolute atomic E-state index is 0.101. The Morgan fingerprint density at radius 2 is 2.04 bits per heavy atom. The van der Waals surface area contributed by atoms with E-state index >= 15 is 0 Å². The highest BCUT2D eigenvalue weighted by Gasteiger charge is 2.22. The Balaban J connectivity index is 1.51. The first-order valence-electron chi connectivity index (χ1n) is 9.80. The first-order valence-corrected chi connectivity index (χ1v) is 9.80. The van der Waals surface area contributed by atoms with Crippen LogP contribution in [0.5, 0.6) is 0 Å². The third-order valence-corrected chi connectivity index (χ3v) is 5.37. The molecule has 2 heterocycles. The maximum absolute atomic E-state index is 12.6. The van der Waals surface area contributed by atoms with E-state index in [1.165, 1.54) is 5.56 Å². The third kappa shape index (κ3) is 5.30. The highest BCUT2D eigenvalue weighted by Crippen LogP contribution is 2.13. The molecule has 144 valence electrons. The number of carbonyl (C=O) groups is 1. The van der Waals surface area contributed by atoms with E-state index in [0.29, 0.717) is 0 Å². The summed E-state index contributed by atoms with van der Waals surface area (Å²) in [5.41, 5.74) is 2.99. The SMILES string of the molecule is Cc1cc(C(=O)N[C@H]2CCCN(CCCc3ccccc3)C2)c(=O)[nH]c1C. The predicted molar refractivity (Wildman–Crippen MR) is 108 cm³/mol. The lowest BCUT2D eigenvalue weighted by atomic mass is 10.0. The number of hydrogen-bond acceptors (Lipinski definition) is 3. The molecule has 27 heavy (non-hydrogen) atoms. The van der Waals surface area contributed by atoms with Crippen LogP contribution < -0.4 is 10.9 Å². The fraction of sp³-hybridized carbons (Fsp3) is 0.455. The van der Waals surface area contributed by atoms with Gasteiger partial charge in [0.25, 0.3) is 11.5 Å². The van der Waals surface area contributed by atoms with Crippen LogP contribution >= 0.6 is 0 Å². The second-order valence-corrected chi connectivity index (χ2v) is 7.52. The Bertz CT molecular complexity index is 829. The first-order chi connectivity index (χ1) is 13.0. The number of piperidine rings is 1. The minimum Gasteiger partial charge on any atom is -0.348 e. The minimum atomic E-state index is -0.314. The predicted octanol–water partition coefficient (Wildman–Crippen LogP) is 2.82. The molecule has 0 aliphatic carbocycles. The molecule has 5 heteroatoms. The zero-order valence-corrected chi connectivity index (χ0v) is 16.3. The van der Waals surface area contributed by atoms with Crippen molar-refractivity contribution in [2.45, 2.75) is 45.6 Å². The summed E-state index contributed by atoms with van der Waals surface area (Å²) in [4.78, 5) is 29.8. The molecule has 0 saturated carbocycles. The number of rotatable bonds is 6. The van der Waals surface area contributed by atoms with E-state index in [-0.39, 0.29) is 23.1 Å². The van der Waals surface area contributed by atoms with Gasteiger partial charge in [-0.15, -0.1) is 0 Å². The second-order valence-electron chi connectivity index (χ2n) is 7.52. The molecule has 1 aliphatic heterocycles. The highest BCUT2D eigenvalue weighted by molar-refractivity contribution is 5.94. The van der Waals surface area contributed by atoms with Crippen molar-refractivity contribution in [3.63, 3.8) is 0 Å². The van der Waals surface area contributed by atoms with Crippen molar-refractivity contribution in [1.29, 1.82) is 0 Å². The Labute approximate surface area is 160 Å². The van der Waals surface area contributed by atoms with Crippen LogP contribution in [0.4, 0.5) is 0 Å². The van der Waals surface area contributed by atoms with E-state index in [9.17, 15) is 9.59 Å². The van der Waals surface area contributed by atoms with Gasteiger partial charge in [-0.3, -0.25) is 9.59 Å². The smallest absolute Gasteiger partial charge is 0.261 e. The third-order valence-electron chi connectivity index (χ3n) is 5.37. The highest BCUT2D eigenvalue weighted by atomic mass is 16.2. The van der Waals surface area contributed by atoms with Gasteiger partial charge in [-0.25, -0.2) is 0 Å². The number of nitrogens with one attached hydrogen (secondary N) is 2. The molecule has 1 atom stereocenters. The van der Waals surface area contributed by atoms with Gasteiger partial charge >= 0.3 is 0 Å². The van der Waals surface area contributed by atoms with Gasteiger partial charge in [-0.1, -0.05) is 30.3 Å². The van der Waals surface area contributed by atoms with Crippen LogP contribution in [-0.4, -0.2) is 41.5 Å². The summed E-state index contributed by atoms with van der Waals surface area (Å²) >= 11 is 0. The first kappa shape index (κ1) is 19.4. The number of nitrogens with zero attached hydrogens (tertiary/aromatic N) is 1. The summed E-state index contributed by atoms with van der Waals surface area (Å²) in [6.45, 7) is 6.70. The Morgan fingerprint density at radius 3 is 2.81 bits per heavy atom. The molecular weight excluding hydrogens is 338 g/mol. The van der Waals surface area contributed by atoms with Crippen molar-refractivity contribution in [2.24, 2.45) is 0 Å². The molecule has 1 aromatic heterocycles. The lowest BCUT2D eigenvalue weighted by Crippen LogP contribution is -2.48. The molecule has 1 fully saturated rings. The molecule has 0 unspecified atom stereocenters. The quantitative estimate of drug-likeness (QED) is 0.825. The molecule has 0 radical (unpaired) electrons. The summed E-state index contributed by atoms with van der Waals surface area (Å²) in [5, 5.41) is 3.06. The molecule has 1 amide bonds. The molecule has 0 bridgehead atoms. The van der Waals surface area contributed by atoms with Crippen molar-refractivity contribution < 1.29 is 4.79 Å². The summed E-state index contributed by atoms with van der Waals surface area (Å²) in [5.74, 6) is -0.268. The number of H-pyrrole nitrogens is 1. The van der Waals surface area contributed by atoms with Crippen LogP contribution in [0.3, 0.4) is 0 Å². The normalized spacial score (nSPS) is 17.6. The topological polar surface area (TPSA) is 65.2 Å². The molecule has 3 rings (SSSR count). The van der Waals surface area contributed by atoms with Crippen LogP contribution in [0.15, 0.2) is 41.2 Å². The van der Waals surface area contributed by atoms with Crippen LogP contribution in [-0.2, 0) is 6.42 Å². The molecular formula is C22H29N3O2. The van der Waals surface area contributed by atoms with Gasteiger partial charge in [0.05, 0.1) is 0 Å². The lowest BCUT2D eigenvalue weighted by Gasteiger charge is -2.33. The van der Waals surface area contributed by atoms with Gasteiger partial charge in [0.2, 0.25) is 0 Å². The Morgan fingerprint density at radius 1 is 1.26 bits per heavy atom. The molecule has 1 saturated heterocycles. The Kier molecular flexibility index (Phi) is 6.45. The van der Waals surface area contributed by atoms with Gasteiger partial charge in [0, 0.05) is 18.3 Å². The van der Waals surface area contributed by atoms with Gasteiger partial charge in [-0.2, -0.15) is 0 Å². The van der Waals surface area contributed by atoms with Crippen molar-refractivity contribution in [3.05, 3.63) is 69.1 Å². The molecule has 2 N–H and O–H groups in total. The van der Waals surface area contributed by atoms with Crippen molar-refractivity contribution >= 4 is 5.91 Å². The largest absolute Gasteiger partial charge is 0.348 e. The van der Waals surface area contributed by atoms with Crippen molar-refractivity contribution in [2.75, 3.05) is 19.6 Å². The number of aromatic nitrogens is 1. The number of amides is 1. The monoisotopic (exact) mass is 367 g/mol. The summed E-state index contributed by atoms with van der Waals surface area (Å²) in [6.07, 6.45) is 4.22. The number of likely N-dealkylation sites (tertiary alicyclic amines) is 1. The fourth-order valence-electron chi connectivity index (χ4n) is 3.69. The fourth-order valence-corrected chi connectivity index (χ4v) is 3.69. The van der Waals surface area contributed by atoms with Crippen LogP contribution in [0.25, 0.3) is 0 Å². The molecule has 2 aromatic rings. The van der Waals surface area contributed by atoms with E-state index in [1.54, 1.807) is 6.07 Å². The number of hydrogen-bond donors (Lipinski definition) is 2. The van der Waals surface area contributed by atoms with Gasteiger partial charge in [0.1, 0.15) is 5.56 Å². The number of aromatic amines is 1. The van der Waals surface area contributed by atoms with Gasteiger partial charge in [-0.05, 0) is 69.8 Å². The number of benzene rings is 1. The number of aryl methyl sites for hydroxylation is 3. The molecule has 0 spiro atoms. The van der Waals surface area contributed by atoms with Crippen molar-refractivity contribution in [1.82, 2.24) is 15.2 Å². The molecule has 5 nitrogen and oxygen atoms in total. The van der Waals surface area contributed by atoms with Crippen LogP contribution in [0.1, 0.15) is 46.4 Å². The Hall–Kier alpha value is -2.40. The van der Waals surface area contributed by atoms with E-state index < -0.39 is 0 Å². The van der Waals surface area contributed by atoms with E-state index in [0.717, 1.165) is 56.6 Å². The average molecular weight is 367 g/mol. The average Bonchev–Trinajstić information content (AvgIpc) is 2.66. The van der Waals surface area contributed by atoms with Gasteiger partial charge < -0.3 is 15.2 Å². The van der Waals surface area contributed by atoms with Crippen LogP contribution in [0.2, 0.25) is 0 Å². The summed E-state index contributed by atoms with van der Waals surface area (Å²) in [6, 6.07) is 12.3. The standard InChI is InChI=1S/C22H29N3O2/c1-16-14-20(21(26)23-17(16)2)22(27)24-19-11-7-13-25(15-19)12-6-10-18-8-4-3-5-9-18/h3-5,8-9,14,19H,6-7,10-13,15H2,1-2H3,(H,23,26)(H,24,27)/t19-/m0/s1. The summed E-state index contributed by atoms with van der Waals surface area (Å²) in [7, 11) is 0. The van der Waals surface area contributed by atoms with Crippen LogP contribution in [0, 0.1) is 13.8 Å². The lowest BCUT2D eigenvalue weighted by molar-refractivity contribution is 0.0901. The van der Waals surface area contributed by atoms with Crippen molar-refractivity contribution in [3.8, 4) is 0 Å². The van der Waals surface area contributed by atoms with Gasteiger partial charge in [0.15, 0.2) is 0 Å². The second kappa shape index (κ2) is 9.00. The number of pyridine rings is 1. The molecule has 1 aromatic carbocycles. The number of carbonyl (C=O) groups excluding carboxylic acids is 1.